The molecule has 0 fully saturated rings. The third kappa shape index (κ3) is 2.50. The van der Waals surface area contributed by atoms with Gasteiger partial charge in [0, 0.05) is 18.7 Å². The fraction of sp³-hybridized carbons (Fsp3) is 0.353. The number of nitrogens with one attached hydrogen (secondary N) is 1. The van der Waals surface area contributed by atoms with Crippen LogP contribution in [-0.4, -0.2) is 27.7 Å². The van der Waals surface area contributed by atoms with Crippen molar-refractivity contribution in [2.45, 2.75) is 33.7 Å². The Hall–Kier alpha value is -2.63. The van der Waals surface area contributed by atoms with E-state index in [9.17, 15) is 4.79 Å². The molecule has 0 atom stereocenters. The minimum atomic E-state index is -0.153. The van der Waals surface area contributed by atoms with Gasteiger partial charge in [-0.1, -0.05) is 0 Å². The van der Waals surface area contributed by atoms with E-state index in [0.29, 0.717) is 16.9 Å². The van der Waals surface area contributed by atoms with Crippen LogP contribution in [-0.2, 0) is 0 Å². The second-order valence-electron chi connectivity index (χ2n) is 5.88. The fourth-order valence-corrected chi connectivity index (χ4v) is 2.74. The number of carbonyl (C=O) groups is 1. The summed E-state index contributed by atoms with van der Waals surface area (Å²) in [6, 6.07) is 3.89. The Kier molecular flexibility index (Phi) is 3.67. The molecule has 3 rings (SSSR count). The van der Waals surface area contributed by atoms with E-state index >= 15 is 0 Å². The van der Waals surface area contributed by atoms with Crippen LogP contribution in [0.25, 0.3) is 22.3 Å². The number of nitrogens with zero attached hydrogens (tertiary/aromatic N) is 3. The minimum Gasteiger partial charge on any atom is -0.466 e. The summed E-state index contributed by atoms with van der Waals surface area (Å²) < 4.78 is 7.43. The predicted octanol–water partition coefficient (Wildman–Crippen LogP) is 3.25. The first kappa shape index (κ1) is 15.3. The number of rotatable bonds is 3. The molecule has 6 nitrogen and oxygen atoms in total. The first-order valence-corrected chi connectivity index (χ1v) is 7.60. The molecule has 3 aromatic rings. The molecule has 1 N–H and O–H groups in total. The molecule has 0 radical (unpaired) electrons. The van der Waals surface area contributed by atoms with Gasteiger partial charge >= 0.3 is 0 Å². The lowest BCUT2D eigenvalue weighted by molar-refractivity contribution is 0.0964. The third-order valence-corrected chi connectivity index (χ3v) is 3.84. The van der Waals surface area contributed by atoms with Crippen molar-refractivity contribution in [1.29, 1.82) is 0 Å². The van der Waals surface area contributed by atoms with Crippen molar-refractivity contribution in [3.8, 4) is 11.3 Å². The topological polar surface area (TPSA) is 73.0 Å². The van der Waals surface area contributed by atoms with E-state index in [-0.39, 0.29) is 11.9 Å². The van der Waals surface area contributed by atoms with Gasteiger partial charge < -0.3 is 9.73 Å². The number of pyridine rings is 1. The highest BCUT2D eigenvalue weighted by atomic mass is 16.3. The monoisotopic (exact) mass is 312 g/mol. The van der Waals surface area contributed by atoms with Crippen molar-refractivity contribution in [1.82, 2.24) is 20.1 Å². The SMILES string of the molecule is CNC(=O)c1cc(-c2cc(C)oc2C)nc2c1cnn2C(C)C. The van der Waals surface area contributed by atoms with Crippen LogP contribution in [0.1, 0.15) is 41.8 Å². The number of aromatic nitrogens is 3. The molecular weight excluding hydrogens is 292 g/mol. The summed E-state index contributed by atoms with van der Waals surface area (Å²) >= 11 is 0. The second kappa shape index (κ2) is 5.53. The number of aryl methyl sites for hydroxylation is 2. The van der Waals surface area contributed by atoms with Crippen molar-refractivity contribution in [3.05, 3.63) is 35.4 Å². The van der Waals surface area contributed by atoms with Crippen LogP contribution in [0.15, 0.2) is 22.7 Å². The fourth-order valence-electron chi connectivity index (χ4n) is 2.74. The third-order valence-electron chi connectivity index (χ3n) is 3.84. The number of fused-ring (bicyclic) bond motifs is 1. The molecule has 0 aromatic carbocycles. The van der Waals surface area contributed by atoms with Gasteiger partial charge in [0.1, 0.15) is 11.5 Å². The molecule has 0 aliphatic carbocycles. The van der Waals surface area contributed by atoms with E-state index in [0.717, 1.165) is 22.5 Å². The summed E-state index contributed by atoms with van der Waals surface area (Å²) in [5, 5.41) is 7.82. The molecular formula is C17H20N4O2. The van der Waals surface area contributed by atoms with Gasteiger partial charge in [0.25, 0.3) is 5.91 Å². The van der Waals surface area contributed by atoms with Gasteiger partial charge in [-0.05, 0) is 39.8 Å². The van der Waals surface area contributed by atoms with Crippen LogP contribution >= 0.6 is 0 Å². The summed E-state index contributed by atoms with van der Waals surface area (Å²) in [7, 11) is 1.62. The van der Waals surface area contributed by atoms with Gasteiger partial charge in [-0.15, -0.1) is 0 Å². The van der Waals surface area contributed by atoms with E-state index in [1.807, 2.05) is 38.4 Å². The van der Waals surface area contributed by atoms with E-state index < -0.39 is 0 Å². The molecule has 0 bridgehead atoms. The summed E-state index contributed by atoms with van der Waals surface area (Å²) in [6.45, 7) is 7.86. The number of carbonyl (C=O) groups excluding carboxylic acids is 1. The van der Waals surface area contributed by atoms with E-state index in [1.165, 1.54) is 0 Å². The molecule has 3 aromatic heterocycles. The smallest absolute Gasteiger partial charge is 0.251 e. The van der Waals surface area contributed by atoms with E-state index in [2.05, 4.69) is 10.4 Å². The van der Waals surface area contributed by atoms with Gasteiger partial charge in [-0.2, -0.15) is 5.10 Å². The molecule has 6 heteroatoms. The Bertz CT molecular complexity index is 890. The molecule has 0 saturated heterocycles. The zero-order chi connectivity index (χ0) is 16.7. The average molecular weight is 312 g/mol. The number of hydrogen-bond acceptors (Lipinski definition) is 4. The normalized spacial score (nSPS) is 11.4. The van der Waals surface area contributed by atoms with Gasteiger partial charge in [-0.3, -0.25) is 4.79 Å². The van der Waals surface area contributed by atoms with Crippen LogP contribution in [0.2, 0.25) is 0 Å². The summed E-state index contributed by atoms with van der Waals surface area (Å²) in [5.41, 5.74) is 2.88. The Labute approximate surface area is 134 Å². The van der Waals surface area contributed by atoms with Crippen LogP contribution in [0, 0.1) is 13.8 Å². The van der Waals surface area contributed by atoms with Crippen LogP contribution in [0.5, 0.6) is 0 Å². The zero-order valence-corrected chi connectivity index (χ0v) is 14.0. The zero-order valence-electron chi connectivity index (χ0n) is 14.0. The molecule has 0 saturated carbocycles. The maximum absolute atomic E-state index is 12.3. The second-order valence-corrected chi connectivity index (χ2v) is 5.88. The van der Waals surface area contributed by atoms with Gasteiger partial charge in [0.15, 0.2) is 5.65 Å². The Morgan fingerprint density at radius 1 is 1.30 bits per heavy atom. The lowest BCUT2D eigenvalue weighted by Crippen LogP contribution is -2.18. The molecule has 120 valence electrons. The van der Waals surface area contributed by atoms with Crippen molar-refractivity contribution >= 4 is 16.9 Å². The summed E-state index contributed by atoms with van der Waals surface area (Å²) in [6.07, 6.45) is 1.70. The number of furan rings is 1. The highest BCUT2D eigenvalue weighted by Crippen LogP contribution is 2.29. The Balaban J connectivity index is 2.33. The van der Waals surface area contributed by atoms with Crippen molar-refractivity contribution < 1.29 is 9.21 Å². The highest BCUT2D eigenvalue weighted by Gasteiger charge is 2.19. The molecule has 0 unspecified atom stereocenters. The predicted molar refractivity (Wildman–Crippen MR) is 88.5 cm³/mol. The molecule has 23 heavy (non-hydrogen) atoms. The highest BCUT2D eigenvalue weighted by molar-refractivity contribution is 6.06. The van der Waals surface area contributed by atoms with Gasteiger partial charge in [-0.25, -0.2) is 9.67 Å². The molecule has 3 heterocycles. The first-order chi connectivity index (χ1) is 10.9. The van der Waals surface area contributed by atoms with Crippen LogP contribution in [0.4, 0.5) is 0 Å². The minimum absolute atomic E-state index is 0.153. The van der Waals surface area contributed by atoms with Crippen molar-refractivity contribution in [3.63, 3.8) is 0 Å². The maximum Gasteiger partial charge on any atom is 0.251 e. The Morgan fingerprint density at radius 3 is 2.61 bits per heavy atom. The average Bonchev–Trinajstić information content (AvgIpc) is 3.08. The quantitative estimate of drug-likeness (QED) is 0.805. The summed E-state index contributed by atoms with van der Waals surface area (Å²) in [5.74, 6) is 1.45. The van der Waals surface area contributed by atoms with Crippen molar-refractivity contribution in [2.24, 2.45) is 0 Å². The lowest BCUT2D eigenvalue weighted by Gasteiger charge is -2.09. The van der Waals surface area contributed by atoms with Gasteiger partial charge in [0.2, 0.25) is 0 Å². The van der Waals surface area contributed by atoms with Crippen LogP contribution < -0.4 is 5.32 Å². The van der Waals surface area contributed by atoms with Gasteiger partial charge in [0.05, 0.1) is 22.8 Å². The largest absolute Gasteiger partial charge is 0.466 e. The first-order valence-electron chi connectivity index (χ1n) is 7.60. The standard InChI is InChI=1S/C17H20N4O2/c1-9(2)21-16-14(8-19-21)13(17(22)18-5)7-15(20-16)12-6-10(3)23-11(12)4/h6-9H,1-5H3,(H,18,22). The van der Waals surface area contributed by atoms with Crippen molar-refractivity contribution in [2.75, 3.05) is 7.05 Å². The maximum atomic E-state index is 12.3. The van der Waals surface area contributed by atoms with E-state index in [1.54, 1.807) is 19.3 Å². The number of amides is 1. The molecule has 0 spiro atoms. The molecule has 0 aliphatic rings. The molecule has 0 aliphatic heterocycles. The van der Waals surface area contributed by atoms with Crippen LogP contribution in [0.3, 0.4) is 0 Å². The van der Waals surface area contributed by atoms with E-state index in [4.69, 9.17) is 9.40 Å². The molecule has 1 amide bonds. The lowest BCUT2D eigenvalue weighted by atomic mass is 10.1. The Morgan fingerprint density at radius 2 is 2.04 bits per heavy atom. The number of hydrogen-bond donors (Lipinski definition) is 1. The summed E-state index contributed by atoms with van der Waals surface area (Å²) in [4.78, 5) is 17.0.